The van der Waals surface area contributed by atoms with Gasteiger partial charge in [0.25, 0.3) is 0 Å². The second-order valence-corrected chi connectivity index (χ2v) is 8.44. The average Bonchev–Trinajstić information content (AvgIpc) is 3.37. The molecule has 1 aromatic carbocycles. The van der Waals surface area contributed by atoms with Crippen LogP contribution in [0.5, 0.6) is 5.75 Å². The van der Waals surface area contributed by atoms with Crippen LogP contribution in [-0.4, -0.2) is 20.1 Å². The maximum Gasteiger partial charge on any atom is 0.439 e. The van der Waals surface area contributed by atoms with Crippen LogP contribution in [0, 0.1) is 6.92 Å². The fourth-order valence-corrected chi connectivity index (χ4v) is 4.54. The molecule has 7 nitrogen and oxygen atoms in total. The Kier molecular flexibility index (Phi) is 6.26. The van der Waals surface area contributed by atoms with Gasteiger partial charge in [-0.05, 0) is 43.7 Å². The van der Waals surface area contributed by atoms with E-state index in [9.17, 15) is 18.0 Å². The number of hydrogen-bond acceptors (Lipinski definition) is 7. The maximum absolute atomic E-state index is 12.8. The number of alkyl halides is 3. The molecule has 0 aliphatic heterocycles. The minimum absolute atomic E-state index is 0.205. The molecule has 4 rings (SSSR count). The summed E-state index contributed by atoms with van der Waals surface area (Å²) in [6.45, 7) is 3.76. The molecule has 0 spiro atoms. The van der Waals surface area contributed by atoms with Crippen LogP contribution in [0.4, 0.5) is 13.2 Å². The molecule has 3 aromatic heterocycles. The fraction of sp³-hybridized carbons (Fsp3) is 0.238. The van der Waals surface area contributed by atoms with Crippen molar-refractivity contribution < 1.29 is 22.4 Å². The standard InChI is InChI=1S/C21H16ClF3N4O3S/c1-3-15(31-12-5-6-13(14(22)8-12)18-28-20(30)32-29-18)17-10(2)27-19(33-17)11-4-7-16(26-9-11)21(23,24)25/h4-9,15H,3H2,1-2H3,(H,28,29,30). The highest BCUT2D eigenvalue weighted by molar-refractivity contribution is 7.15. The SMILES string of the molecule is CCC(Oc1ccc(-c2noc(=O)[nH]2)c(Cl)c1)c1sc(-c2ccc(C(F)(F)F)nc2)nc1C. The van der Waals surface area contributed by atoms with Crippen LogP contribution in [-0.2, 0) is 6.18 Å². The molecule has 1 atom stereocenters. The zero-order valence-electron chi connectivity index (χ0n) is 17.2. The van der Waals surface area contributed by atoms with E-state index < -0.39 is 17.6 Å². The molecule has 0 radical (unpaired) electrons. The third kappa shape index (κ3) is 4.93. The van der Waals surface area contributed by atoms with Crippen molar-refractivity contribution in [1.29, 1.82) is 0 Å². The summed E-state index contributed by atoms with van der Waals surface area (Å²) in [4.78, 5) is 22.4. The Morgan fingerprint density at radius 2 is 2.06 bits per heavy atom. The molecule has 3 heterocycles. The lowest BCUT2D eigenvalue weighted by molar-refractivity contribution is -0.141. The van der Waals surface area contributed by atoms with Crippen LogP contribution in [0.3, 0.4) is 0 Å². The van der Waals surface area contributed by atoms with E-state index in [2.05, 4.69) is 24.6 Å². The van der Waals surface area contributed by atoms with Crippen molar-refractivity contribution in [2.24, 2.45) is 0 Å². The lowest BCUT2D eigenvalue weighted by atomic mass is 10.2. The van der Waals surface area contributed by atoms with Crippen molar-refractivity contribution in [3.05, 3.63) is 68.4 Å². The summed E-state index contributed by atoms with van der Waals surface area (Å²) in [6.07, 6.45) is -3.07. The number of aromatic amines is 1. The van der Waals surface area contributed by atoms with Crippen LogP contribution in [0.2, 0.25) is 5.02 Å². The molecule has 1 unspecified atom stereocenters. The molecule has 0 saturated heterocycles. The summed E-state index contributed by atoms with van der Waals surface area (Å²) in [5, 5.41) is 4.48. The summed E-state index contributed by atoms with van der Waals surface area (Å²) in [7, 11) is 0. The number of nitrogens with one attached hydrogen (secondary N) is 1. The molecule has 33 heavy (non-hydrogen) atoms. The van der Waals surface area contributed by atoms with Gasteiger partial charge in [0.05, 0.1) is 15.6 Å². The fourth-order valence-electron chi connectivity index (χ4n) is 3.11. The van der Waals surface area contributed by atoms with Crippen molar-refractivity contribution in [1.82, 2.24) is 20.1 Å². The van der Waals surface area contributed by atoms with Crippen molar-refractivity contribution >= 4 is 22.9 Å². The minimum atomic E-state index is -4.50. The predicted octanol–water partition coefficient (Wildman–Crippen LogP) is 6.06. The summed E-state index contributed by atoms with van der Waals surface area (Å²) >= 11 is 7.66. The van der Waals surface area contributed by atoms with Crippen LogP contribution < -0.4 is 10.5 Å². The van der Waals surface area contributed by atoms with E-state index in [0.717, 1.165) is 10.9 Å². The van der Waals surface area contributed by atoms with Gasteiger partial charge in [0.1, 0.15) is 22.6 Å². The lowest BCUT2D eigenvalue weighted by Gasteiger charge is -2.17. The number of pyridine rings is 1. The number of rotatable bonds is 6. The Hall–Kier alpha value is -3.18. The smallest absolute Gasteiger partial charge is 0.439 e. The van der Waals surface area contributed by atoms with Crippen molar-refractivity contribution in [3.8, 4) is 27.7 Å². The quantitative estimate of drug-likeness (QED) is 0.349. The first-order chi connectivity index (χ1) is 15.7. The number of thiazole rings is 1. The number of ether oxygens (including phenoxy) is 1. The molecule has 0 fully saturated rings. The zero-order chi connectivity index (χ0) is 23.8. The van der Waals surface area contributed by atoms with Crippen LogP contribution >= 0.6 is 22.9 Å². The van der Waals surface area contributed by atoms with Gasteiger partial charge in [-0.25, -0.2) is 9.78 Å². The number of hydrogen-bond donors (Lipinski definition) is 1. The van der Waals surface area contributed by atoms with Crippen molar-refractivity contribution in [2.45, 2.75) is 32.5 Å². The molecule has 172 valence electrons. The van der Waals surface area contributed by atoms with E-state index in [-0.39, 0.29) is 11.9 Å². The van der Waals surface area contributed by atoms with Gasteiger partial charge in [0.2, 0.25) is 0 Å². The molecular formula is C21H16ClF3N4O3S. The Labute approximate surface area is 194 Å². The van der Waals surface area contributed by atoms with Gasteiger partial charge in [0, 0.05) is 17.3 Å². The highest BCUT2D eigenvalue weighted by atomic mass is 35.5. The molecular weight excluding hydrogens is 481 g/mol. The topological polar surface area (TPSA) is 93.9 Å². The number of H-pyrrole nitrogens is 1. The van der Waals surface area contributed by atoms with E-state index in [0.29, 0.717) is 39.0 Å². The van der Waals surface area contributed by atoms with E-state index in [1.807, 2.05) is 13.8 Å². The number of benzene rings is 1. The molecule has 4 aromatic rings. The summed E-state index contributed by atoms with van der Waals surface area (Å²) in [5.74, 6) is 0.0100. The second kappa shape index (κ2) is 8.99. The van der Waals surface area contributed by atoms with Gasteiger partial charge >= 0.3 is 11.9 Å². The molecule has 0 aliphatic carbocycles. The third-order valence-electron chi connectivity index (χ3n) is 4.71. The minimum Gasteiger partial charge on any atom is -0.485 e. The molecule has 12 heteroatoms. The van der Waals surface area contributed by atoms with Crippen LogP contribution in [0.15, 0.2) is 45.8 Å². The number of aromatic nitrogens is 4. The monoisotopic (exact) mass is 496 g/mol. The lowest BCUT2D eigenvalue weighted by Crippen LogP contribution is -2.07. The first-order valence-electron chi connectivity index (χ1n) is 9.69. The number of nitrogens with zero attached hydrogens (tertiary/aromatic N) is 3. The van der Waals surface area contributed by atoms with Gasteiger partial charge in [-0.3, -0.25) is 14.5 Å². The van der Waals surface area contributed by atoms with E-state index in [4.69, 9.17) is 16.3 Å². The third-order valence-corrected chi connectivity index (χ3v) is 6.32. The van der Waals surface area contributed by atoms with Crippen molar-refractivity contribution in [3.63, 3.8) is 0 Å². The van der Waals surface area contributed by atoms with Gasteiger partial charge in [-0.15, -0.1) is 11.3 Å². The van der Waals surface area contributed by atoms with Crippen molar-refractivity contribution in [2.75, 3.05) is 0 Å². The second-order valence-electron chi connectivity index (χ2n) is 7.00. The largest absolute Gasteiger partial charge is 0.485 e. The van der Waals surface area contributed by atoms with Crippen LogP contribution in [0.25, 0.3) is 22.0 Å². The Morgan fingerprint density at radius 1 is 1.27 bits per heavy atom. The Bertz CT molecular complexity index is 1330. The van der Waals surface area contributed by atoms with Gasteiger partial charge in [-0.1, -0.05) is 23.7 Å². The summed E-state index contributed by atoms with van der Waals surface area (Å²) < 4.78 is 49.0. The Morgan fingerprint density at radius 3 is 2.64 bits per heavy atom. The highest BCUT2D eigenvalue weighted by Crippen LogP contribution is 2.37. The maximum atomic E-state index is 12.8. The normalized spacial score (nSPS) is 12.7. The molecule has 1 N–H and O–H groups in total. The van der Waals surface area contributed by atoms with Gasteiger partial charge < -0.3 is 4.74 Å². The number of aryl methyl sites for hydroxylation is 1. The average molecular weight is 497 g/mol. The molecule has 0 bridgehead atoms. The number of halogens is 4. The molecule has 0 amide bonds. The summed E-state index contributed by atoms with van der Waals surface area (Å²) in [6, 6.07) is 7.23. The van der Waals surface area contributed by atoms with E-state index in [1.54, 1.807) is 18.2 Å². The van der Waals surface area contributed by atoms with E-state index >= 15 is 0 Å². The predicted molar refractivity (Wildman–Crippen MR) is 116 cm³/mol. The van der Waals surface area contributed by atoms with Gasteiger partial charge in [-0.2, -0.15) is 13.2 Å². The van der Waals surface area contributed by atoms with Gasteiger partial charge in [0.15, 0.2) is 5.82 Å². The van der Waals surface area contributed by atoms with E-state index in [1.165, 1.54) is 23.6 Å². The first-order valence-corrected chi connectivity index (χ1v) is 10.9. The molecule has 0 aliphatic rings. The summed E-state index contributed by atoms with van der Waals surface area (Å²) in [5.41, 5.74) is 0.731. The van der Waals surface area contributed by atoms with Crippen LogP contribution in [0.1, 0.15) is 35.7 Å². The molecule has 0 saturated carbocycles. The zero-order valence-corrected chi connectivity index (χ0v) is 18.8. The first kappa shape index (κ1) is 23.0. The Balaban J connectivity index is 1.56. The highest BCUT2D eigenvalue weighted by Gasteiger charge is 2.32.